The molecule has 2 aromatic heterocycles. The molecule has 9 rings (SSSR count). The zero-order valence-corrected chi connectivity index (χ0v) is 26.2. The van der Waals surface area contributed by atoms with Gasteiger partial charge in [-0.25, -0.2) is 0 Å². The minimum Gasteiger partial charge on any atom is -0.507 e. The lowest BCUT2D eigenvalue weighted by Crippen LogP contribution is -1.98. The van der Waals surface area contributed by atoms with Crippen LogP contribution in [0, 0.1) is 22.7 Å². The number of hydrogen-bond donors (Lipinski definition) is 1. The first-order chi connectivity index (χ1) is 24.1. The molecular weight excluding hydrogens is 601 g/mol. The summed E-state index contributed by atoms with van der Waals surface area (Å²) in [7, 11) is 0. The first-order valence-electron chi connectivity index (χ1n) is 16.0. The Labute approximate surface area is 282 Å². The summed E-state index contributed by atoms with van der Waals surface area (Å²) in [6.45, 7) is 0. The molecule has 228 valence electrons. The minimum absolute atomic E-state index is 0.160. The Bertz CT molecular complexity index is 2820. The van der Waals surface area contributed by atoms with Crippen molar-refractivity contribution in [2.45, 2.75) is 0 Å². The molecule has 2 heterocycles. The zero-order chi connectivity index (χ0) is 33.1. The highest BCUT2D eigenvalue weighted by Crippen LogP contribution is 2.40. The summed E-state index contributed by atoms with van der Waals surface area (Å²) in [6, 6.07) is 54.9. The number of phenolic OH excluding ortho intramolecular Hbond substituents is 1. The summed E-state index contributed by atoms with van der Waals surface area (Å²) < 4.78 is 4.41. The number of hydrogen-bond acceptors (Lipinski definition) is 3. The second-order valence-electron chi connectivity index (χ2n) is 12.2. The van der Waals surface area contributed by atoms with Gasteiger partial charge in [-0.2, -0.15) is 10.5 Å². The summed E-state index contributed by atoms with van der Waals surface area (Å²) in [4.78, 5) is 0. The topological polar surface area (TPSA) is 77.7 Å². The predicted molar refractivity (Wildman–Crippen MR) is 197 cm³/mol. The van der Waals surface area contributed by atoms with Crippen LogP contribution in [0.2, 0.25) is 0 Å². The average Bonchev–Trinajstić information content (AvgIpc) is 3.67. The molecule has 7 aromatic carbocycles. The van der Waals surface area contributed by atoms with Crippen LogP contribution in [-0.2, 0) is 0 Å². The van der Waals surface area contributed by atoms with E-state index in [-0.39, 0.29) is 5.75 Å². The van der Waals surface area contributed by atoms with E-state index in [0.29, 0.717) is 11.1 Å². The van der Waals surface area contributed by atoms with Crippen LogP contribution in [-0.4, -0.2) is 14.2 Å². The normalized spacial score (nSPS) is 11.3. The summed E-state index contributed by atoms with van der Waals surface area (Å²) in [5, 5.41) is 35.5. The van der Waals surface area contributed by atoms with Crippen molar-refractivity contribution >= 4 is 43.6 Å². The minimum atomic E-state index is 0.160. The number of aromatic hydroxyl groups is 1. The fourth-order valence-electron chi connectivity index (χ4n) is 7.29. The molecule has 1 N–H and O–H groups in total. The quantitative estimate of drug-likeness (QED) is 0.211. The van der Waals surface area contributed by atoms with Gasteiger partial charge in [0.25, 0.3) is 0 Å². The van der Waals surface area contributed by atoms with Crippen molar-refractivity contribution < 1.29 is 5.11 Å². The highest BCUT2D eigenvalue weighted by atomic mass is 16.3. The molecule has 0 fully saturated rings. The Morgan fingerprint density at radius 1 is 0.429 bits per heavy atom. The molecule has 0 spiro atoms. The van der Waals surface area contributed by atoms with Crippen LogP contribution < -0.4 is 0 Å². The van der Waals surface area contributed by atoms with Crippen molar-refractivity contribution in [2.24, 2.45) is 0 Å². The molecule has 0 atom stereocenters. The fourth-order valence-corrected chi connectivity index (χ4v) is 7.29. The van der Waals surface area contributed by atoms with E-state index in [9.17, 15) is 15.6 Å². The van der Waals surface area contributed by atoms with E-state index < -0.39 is 0 Å². The highest BCUT2D eigenvalue weighted by molar-refractivity contribution is 6.11. The van der Waals surface area contributed by atoms with Crippen molar-refractivity contribution in [1.82, 2.24) is 9.13 Å². The van der Waals surface area contributed by atoms with Crippen molar-refractivity contribution in [2.75, 3.05) is 0 Å². The molecule has 0 saturated carbocycles. The third-order valence-electron chi connectivity index (χ3n) is 9.47. The molecule has 49 heavy (non-hydrogen) atoms. The van der Waals surface area contributed by atoms with E-state index in [0.717, 1.165) is 66.5 Å². The fraction of sp³-hybridized carbons (Fsp3) is 0. The molecule has 0 aliphatic carbocycles. The first-order valence-corrected chi connectivity index (χ1v) is 16.0. The Morgan fingerprint density at radius 3 is 1.65 bits per heavy atom. The van der Waals surface area contributed by atoms with Crippen LogP contribution in [0.3, 0.4) is 0 Å². The maximum Gasteiger partial charge on any atom is 0.124 e. The first kappa shape index (κ1) is 28.2. The van der Waals surface area contributed by atoms with Gasteiger partial charge in [-0.05, 0) is 77.9 Å². The van der Waals surface area contributed by atoms with E-state index in [1.165, 1.54) is 10.8 Å². The molecule has 0 aliphatic heterocycles. The molecule has 0 aliphatic rings. The van der Waals surface area contributed by atoms with Crippen LogP contribution in [0.5, 0.6) is 5.75 Å². The van der Waals surface area contributed by atoms with Crippen LogP contribution in [0.25, 0.3) is 77.2 Å². The van der Waals surface area contributed by atoms with E-state index in [4.69, 9.17) is 0 Å². The SMILES string of the molecule is N#Cc1ccc(-c2ccc(-c3cccc(-n4c5ccccc5c5ccccc54)c3)c(O)c2)c(-n2c3ccccc3c3cc(C#N)ccc32)c1. The predicted octanol–water partition coefficient (Wildman–Crippen LogP) is 10.7. The Hall–Kier alpha value is -7.08. The summed E-state index contributed by atoms with van der Waals surface area (Å²) in [5.74, 6) is 0.160. The van der Waals surface area contributed by atoms with Gasteiger partial charge in [0.05, 0.1) is 51.0 Å². The third kappa shape index (κ3) is 4.38. The maximum absolute atomic E-state index is 11.6. The molecule has 0 amide bonds. The lowest BCUT2D eigenvalue weighted by Gasteiger charge is -2.16. The van der Waals surface area contributed by atoms with E-state index in [2.05, 4.69) is 94.1 Å². The van der Waals surface area contributed by atoms with Gasteiger partial charge in [-0.15, -0.1) is 0 Å². The number of benzene rings is 7. The van der Waals surface area contributed by atoms with Crippen LogP contribution in [0.1, 0.15) is 11.1 Å². The summed E-state index contributed by atoms with van der Waals surface area (Å²) in [6.07, 6.45) is 0. The van der Waals surface area contributed by atoms with Gasteiger partial charge in [0.15, 0.2) is 0 Å². The lowest BCUT2D eigenvalue weighted by atomic mass is 9.97. The maximum atomic E-state index is 11.6. The number of phenols is 1. The largest absolute Gasteiger partial charge is 0.507 e. The number of nitrogens with zero attached hydrogens (tertiary/aromatic N) is 4. The molecule has 0 bridgehead atoms. The molecule has 5 nitrogen and oxygen atoms in total. The van der Waals surface area contributed by atoms with E-state index >= 15 is 0 Å². The number of aromatic nitrogens is 2. The third-order valence-corrected chi connectivity index (χ3v) is 9.47. The Morgan fingerprint density at radius 2 is 0.980 bits per heavy atom. The Balaban J connectivity index is 1.19. The van der Waals surface area contributed by atoms with Gasteiger partial charge in [0.2, 0.25) is 0 Å². The molecule has 9 aromatic rings. The van der Waals surface area contributed by atoms with E-state index in [1.54, 1.807) is 12.1 Å². The van der Waals surface area contributed by atoms with Gasteiger partial charge in [0, 0.05) is 38.4 Å². The molecular formula is C44H26N4O. The van der Waals surface area contributed by atoms with Crippen molar-refractivity contribution in [1.29, 1.82) is 10.5 Å². The van der Waals surface area contributed by atoms with Crippen molar-refractivity contribution in [3.63, 3.8) is 0 Å². The number of para-hydroxylation sites is 3. The number of rotatable bonds is 4. The van der Waals surface area contributed by atoms with Gasteiger partial charge >= 0.3 is 0 Å². The van der Waals surface area contributed by atoms with Crippen molar-refractivity contribution in [3.05, 3.63) is 163 Å². The van der Waals surface area contributed by atoms with Crippen LogP contribution in [0.4, 0.5) is 0 Å². The van der Waals surface area contributed by atoms with Crippen LogP contribution in [0.15, 0.2) is 152 Å². The monoisotopic (exact) mass is 626 g/mol. The Kier molecular flexibility index (Phi) is 6.34. The van der Waals surface area contributed by atoms with Gasteiger partial charge in [-0.3, -0.25) is 0 Å². The highest BCUT2D eigenvalue weighted by Gasteiger charge is 2.18. The second kappa shape index (κ2) is 11.0. The summed E-state index contributed by atoms with van der Waals surface area (Å²) >= 11 is 0. The smallest absolute Gasteiger partial charge is 0.124 e. The molecule has 5 heteroatoms. The second-order valence-corrected chi connectivity index (χ2v) is 12.2. The molecule has 0 saturated heterocycles. The lowest BCUT2D eigenvalue weighted by molar-refractivity contribution is 0.477. The standard InChI is InChI=1S/C44H26N4O/c45-26-28-17-21-42-38(22-28)37-12-3-6-15-41(37)48(42)43-23-29(27-46)16-19-33(43)31-18-20-34(44(49)25-31)30-8-7-9-32(24-30)47-39-13-4-1-10-35(39)36-11-2-5-14-40(36)47/h1-25,49H. The van der Waals surface area contributed by atoms with Gasteiger partial charge in [-0.1, -0.05) is 84.9 Å². The zero-order valence-electron chi connectivity index (χ0n) is 26.2. The average molecular weight is 627 g/mol. The van der Waals surface area contributed by atoms with Gasteiger partial charge in [0.1, 0.15) is 5.75 Å². The molecule has 0 radical (unpaired) electrons. The van der Waals surface area contributed by atoms with E-state index in [1.807, 2.05) is 66.7 Å². The number of fused-ring (bicyclic) bond motifs is 6. The number of nitriles is 2. The van der Waals surface area contributed by atoms with Crippen molar-refractivity contribution in [3.8, 4) is 51.5 Å². The van der Waals surface area contributed by atoms with Crippen LogP contribution >= 0.6 is 0 Å². The van der Waals surface area contributed by atoms with Gasteiger partial charge < -0.3 is 14.2 Å². The molecule has 0 unspecified atom stereocenters. The summed E-state index contributed by atoms with van der Waals surface area (Å²) in [5.41, 5.74) is 10.4.